The standard InChI is InChI=1S/C16H23N3O2/c1-16(2,3)18-12-15(20)19-13-7-6-8-14(11-13)21-10-5-4-9-17/h6-8,11,18H,4-5,10,12H2,1-3H3,(H,19,20). The first-order chi connectivity index (χ1) is 9.90. The van der Waals surface area contributed by atoms with E-state index in [4.69, 9.17) is 10.00 Å². The van der Waals surface area contributed by atoms with E-state index in [2.05, 4.69) is 16.7 Å². The summed E-state index contributed by atoms with van der Waals surface area (Å²) >= 11 is 0. The van der Waals surface area contributed by atoms with Crippen molar-refractivity contribution in [3.63, 3.8) is 0 Å². The van der Waals surface area contributed by atoms with E-state index in [1.54, 1.807) is 6.07 Å². The number of nitrogens with one attached hydrogen (secondary N) is 2. The van der Waals surface area contributed by atoms with Crippen molar-refractivity contribution in [3.8, 4) is 11.8 Å². The zero-order valence-electron chi connectivity index (χ0n) is 12.9. The second-order valence-electron chi connectivity index (χ2n) is 5.79. The van der Waals surface area contributed by atoms with Crippen LogP contribution in [-0.4, -0.2) is 24.6 Å². The fourth-order valence-electron chi connectivity index (χ4n) is 1.56. The fourth-order valence-corrected chi connectivity index (χ4v) is 1.56. The van der Waals surface area contributed by atoms with E-state index in [9.17, 15) is 4.79 Å². The Hall–Kier alpha value is -2.06. The van der Waals surface area contributed by atoms with Crippen molar-refractivity contribution in [2.45, 2.75) is 39.2 Å². The lowest BCUT2D eigenvalue weighted by molar-refractivity contribution is -0.115. The van der Waals surface area contributed by atoms with E-state index < -0.39 is 0 Å². The van der Waals surface area contributed by atoms with Crippen LogP contribution >= 0.6 is 0 Å². The molecular formula is C16H23N3O2. The molecule has 1 aromatic rings. The first kappa shape index (κ1) is 17.0. The highest BCUT2D eigenvalue weighted by Crippen LogP contribution is 2.17. The van der Waals surface area contributed by atoms with Gasteiger partial charge < -0.3 is 15.4 Å². The molecule has 1 amide bonds. The number of carbonyl (C=O) groups excluding carboxylic acids is 1. The molecule has 0 bridgehead atoms. The van der Waals surface area contributed by atoms with Crippen molar-refractivity contribution in [2.75, 3.05) is 18.5 Å². The number of hydrogen-bond acceptors (Lipinski definition) is 4. The summed E-state index contributed by atoms with van der Waals surface area (Å²) < 4.78 is 5.53. The van der Waals surface area contributed by atoms with Crippen molar-refractivity contribution in [2.24, 2.45) is 0 Å². The third-order valence-corrected chi connectivity index (χ3v) is 2.60. The van der Waals surface area contributed by atoms with Crippen LogP contribution in [0.3, 0.4) is 0 Å². The van der Waals surface area contributed by atoms with Gasteiger partial charge in [0.15, 0.2) is 0 Å². The van der Waals surface area contributed by atoms with Crippen LogP contribution in [0.2, 0.25) is 0 Å². The van der Waals surface area contributed by atoms with Crippen LogP contribution in [0.5, 0.6) is 5.75 Å². The van der Waals surface area contributed by atoms with Gasteiger partial charge in [0.05, 0.1) is 19.2 Å². The third kappa shape index (κ3) is 7.95. The molecule has 0 fully saturated rings. The maximum Gasteiger partial charge on any atom is 0.238 e. The molecule has 0 aliphatic rings. The summed E-state index contributed by atoms with van der Waals surface area (Å²) in [6.07, 6.45) is 1.18. The van der Waals surface area contributed by atoms with Gasteiger partial charge in [-0.2, -0.15) is 5.26 Å². The van der Waals surface area contributed by atoms with Crippen molar-refractivity contribution >= 4 is 11.6 Å². The van der Waals surface area contributed by atoms with Crippen LogP contribution in [0.25, 0.3) is 0 Å². The minimum Gasteiger partial charge on any atom is -0.493 e. The zero-order chi connectivity index (χ0) is 15.7. The Morgan fingerprint density at radius 1 is 1.38 bits per heavy atom. The number of nitriles is 1. The molecular weight excluding hydrogens is 266 g/mol. The predicted octanol–water partition coefficient (Wildman–Crippen LogP) is 2.70. The average Bonchev–Trinajstić information content (AvgIpc) is 2.41. The lowest BCUT2D eigenvalue weighted by atomic mass is 10.1. The minimum absolute atomic E-state index is 0.0912. The number of nitrogens with zero attached hydrogens (tertiary/aromatic N) is 1. The number of rotatable bonds is 7. The van der Waals surface area contributed by atoms with Crippen LogP contribution in [0.4, 0.5) is 5.69 Å². The van der Waals surface area contributed by atoms with Gasteiger partial charge in [-0.25, -0.2) is 0 Å². The molecule has 0 unspecified atom stereocenters. The number of benzene rings is 1. The Labute approximate surface area is 126 Å². The topological polar surface area (TPSA) is 74.2 Å². The molecule has 0 saturated heterocycles. The highest BCUT2D eigenvalue weighted by molar-refractivity contribution is 5.92. The van der Waals surface area contributed by atoms with Gasteiger partial charge in [0.2, 0.25) is 5.91 Å². The predicted molar refractivity (Wildman–Crippen MR) is 83.2 cm³/mol. The maximum atomic E-state index is 11.8. The normalized spacial score (nSPS) is 10.8. The largest absolute Gasteiger partial charge is 0.493 e. The summed E-state index contributed by atoms with van der Waals surface area (Å²) in [6, 6.07) is 9.32. The molecule has 2 N–H and O–H groups in total. The van der Waals surface area contributed by atoms with Crippen LogP contribution in [0.15, 0.2) is 24.3 Å². The molecule has 5 heteroatoms. The third-order valence-electron chi connectivity index (χ3n) is 2.60. The van der Waals surface area contributed by atoms with E-state index in [1.165, 1.54) is 0 Å². The monoisotopic (exact) mass is 289 g/mol. The van der Waals surface area contributed by atoms with Crippen LogP contribution in [0, 0.1) is 11.3 Å². The van der Waals surface area contributed by atoms with Gasteiger partial charge >= 0.3 is 0 Å². The van der Waals surface area contributed by atoms with Gasteiger partial charge in [-0.05, 0) is 39.3 Å². The minimum atomic E-state index is -0.0942. The van der Waals surface area contributed by atoms with Gasteiger partial charge in [0.25, 0.3) is 0 Å². The summed E-state index contributed by atoms with van der Waals surface area (Å²) in [5.41, 5.74) is 0.608. The van der Waals surface area contributed by atoms with Crippen LogP contribution in [-0.2, 0) is 4.79 Å². The van der Waals surface area contributed by atoms with Crippen molar-refractivity contribution < 1.29 is 9.53 Å². The van der Waals surface area contributed by atoms with Crippen molar-refractivity contribution in [3.05, 3.63) is 24.3 Å². The highest BCUT2D eigenvalue weighted by Gasteiger charge is 2.11. The Morgan fingerprint density at radius 2 is 2.14 bits per heavy atom. The quantitative estimate of drug-likeness (QED) is 0.757. The molecule has 0 saturated carbocycles. The van der Waals surface area contributed by atoms with Gasteiger partial charge in [-0.1, -0.05) is 6.07 Å². The first-order valence-electron chi connectivity index (χ1n) is 7.05. The second-order valence-corrected chi connectivity index (χ2v) is 5.79. The molecule has 114 valence electrons. The number of ether oxygens (including phenoxy) is 1. The average molecular weight is 289 g/mol. The number of anilines is 1. The summed E-state index contributed by atoms with van der Waals surface area (Å²) in [5.74, 6) is 0.598. The van der Waals surface area contributed by atoms with E-state index >= 15 is 0 Å². The molecule has 1 rings (SSSR count). The molecule has 5 nitrogen and oxygen atoms in total. The number of hydrogen-bond donors (Lipinski definition) is 2. The molecule has 0 aliphatic carbocycles. The Bertz CT molecular complexity index is 501. The SMILES string of the molecule is CC(C)(C)NCC(=O)Nc1cccc(OCCCC#N)c1. The molecule has 0 heterocycles. The second kappa shape index (κ2) is 8.28. The summed E-state index contributed by atoms with van der Waals surface area (Å²) in [4.78, 5) is 11.8. The molecule has 0 aliphatic heterocycles. The first-order valence-corrected chi connectivity index (χ1v) is 7.05. The van der Waals surface area contributed by atoms with Gasteiger partial charge in [-0.15, -0.1) is 0 Å². The van der Waals surface area contributed by atoms with E-state index in [0.717, 1.165) is 0 Å². The highest BCUT2D eigenvalue weighted by atomic mass is 16.5. The van der Waals surface area contributed by atoms with Gasteiger partial charge in [0.1, 0.15) is 5.75 Å². The summed E-state index contributed by atoms with van der Waals surface area (Å²) in [7, 11) is 0. The Kier molecular flexibility index (Phi) is 6.70. The number of unbranched alkanes of at least 4 members (excludes halogenated alkanes) is 1. The lowest BCUT2D eigenvalue weighted by Gasteiger charge is -2.20. The molecule has 0 aromatic heterocycles. The summed E-state index contributed by atoms with van der Waals surface area (Å²) in [6.45, 7) is 6.79. The molecule has 21 heavy (non-hydrogen) atoms. The van der Waals surface area contributed by atoms with E-state index in [0.29, 0.717) is 30.9 Å². The Morgan fingerprint density at radius 3 is 2.81 bits per heavy atom. The number of carbonyl (C=O) groups is 1. The molecule has 0 spiro atoms. The fraction of sp³-hybridized carbons (Fsp3) is 0.500. The lowest BCUT2D eigenvalue weighted by Crippen LogP contribution is -2.41. The van der Waals surface area contributed by atoms with Gasteiger partial charge in [-0.3, -0.25) is 4.79 Å². The smallest absolute Gasteiger partial charge is 0.238 e. The Balaban J connectivity index is 2.45. The van der Waals surface area contributed by atoms with Crippen LogP contribution in [0.1, 0.15) is 33.6 Å². The van der Waals surface area contributed by atoms with Crippen molar-refractivity contribution in [1.29, 1.82) is 5.26 Å². The van der Waals surface area contributed by atoms with E-state index in [1.807, 2.05) is 39.0 Å². The summed E-state index contributed by atoms with van der Waals surface area (Å²) in [5, 5.41) is 14.4. The maximum absolute atomic E-state index is 11.8. The van der Waals surface area contributed by atoms with Gasteiger partial charge in [0, 0.05) is 23.7 Å². The van der Waals surface area contributed by atoms with Crippen molar-refractivity contribution in [1.82, 2.24) is 5.32 Å². The van der Waals surface area contributed by atoms with E-state index in [-0.39, 0.29) is 18.0 Å². The zero-order valence-corrected chi connectivity index (χ0v) is 12.9. The van der Waals surface area contributed by atoms with Crippen LogP contribution < -0.4 is 15.4 Å². The molecule has 1 aromatic carbocycles. The molecule has 0 radical (unpaired) electrons. The number of amides is 1. The molecule has 0 atom stereocenters.